The second kappa shape index (κ2) is 4.54. The highest BCUT2D eigenvalue weighted by Gasteiger charge is 2.72. The van der Waals surface area contributed by atoms with E-state index in [1.165, 1.54) is 0 Å². The van der Waals surface area contributed by atoms with Crippen molar-refractivity contribution in [2.75, 3.05) is 6.61 Å². The normalized spacial score (nSPS) is 15.2. The molecular formula is C7H7F9O. The predicted molar refractivity (Wildman–Crippen MR) is 37.2 cm³/mol. The molecule has 0 spiro atoms. The Balaban J connectivity index is 5.15. The zero-order valence-corrected chi connectivity index (χ0v) is 7.97. The van der Waals surface area contributed by atoms with E-state index in [1.807, 2.05) is 0 Å². The van der Waals surface area contributed by atoms with Crippen molar-refractivity contribution in [3.63, 3.8) is 0 Å². The number of aliphatic hydroxyl groups excluding tert-OH is 1. The van der Waals surface area contributed by atoms with Crippen molar-refractivity contribution in [3.8, 4) is 0 Å². The first-order valence-electron chi connectivity index (χ1n) is 4.08. The molecule has 10 heteroatoms. The topological polar surface area (TPSA) is 20.2 Å². The van der Waals surface area contributed by atoms with Gasteiger partial charge in [-0.2, -0.15) is 39.5 Å². The van der Waals surface area contributed by atoms with Crippen molar-refractivity contribution >= 4 is 0 Å². The lowest BCUT2D eigenvalue weighted by molar-refractivity contribution is -0.333. The maximum Gasteiger partial charge on any atom is 0.395 e. The third kappa shape index (κ3) is 3.65. The number of aliphatic hydroxyl groups is 1. The molecule has 0 amide bonds. The van der Waals surface area contributed by atoms with Crippen LogP contribution in [-0.2, 0) is 0 Å². The summed E-state index contributed by atoms with van der Waals surface area (Å²) in [6.45, 7) is -1.56. The summed E-state index contributed by atoms with van der Waals surface area (Å²) in [5.74, 6) is -17.6. The third-order valence-corrected chi connectivity index (χ3v) is 1.77. The number of hydrogen-bond acceptors (Lipinski definition) is 1. The van der Waals surface area contributed by atoms with Crippen LogP contribution in [0.3, 0.4) is 0 Å². The summed E-state index contributed by atoms with van der Waals surface area (Å²) in [6, 6.07) is 0. The summed E-state index contributed by atoms with van der Waals surface area (Å²) in [5.41, 5.74) is 0. The van der Waals surface area contributed by atoms with Gasteiger partial charge in [-0.15, -0.1) is 0 Å². The largest absolute Gasteiger partial charge is 0.396 e. The molecule has 0 radical (unpaired) electrons. The first kappa shape index (κ1) is 16.3. The minimum Gasteiger partial charge on any atom is -0.396 e. The van der Waals surface area contributed by atoms with Crippen LogP contribution in [0.25, 0.3) is 0 Å². The molecule has 0 aliphatic carbocycles. The van der Waals surface area contributed by atoms with Crippen LogP contribution >= 0.6 is 0 Å². The van der Waals surface area contributed by atoms with E-state index < -0.39 is 43.4 Å². The molecule has 0 aromatic heterocycles. The van der Waals surface area contributed by atoms with Crippen LogP contribution in [0.4, 0.5) is 39.5 Å². The molecule has 0 aromatic rings. The maximum atomic E-state index is 12.6. The lowest BCUT2D eigenvalue weighted by atomic mass is 9.99. The summed E-state index contributed by atoms with van der Waals surface area (Å²) in [7, 11) is 0. The molecule has 0 aliphatic heterocycles. The van der Waals surface area contributed by atoms with E-state index in [1.54, 1.807) is 0 Å². The molecule has 104 valence electrons. The van der Waals surface area contributed by atoms with Gasteiger partial charge in [-0.1, -0.05) is 0 Å². The van der Waals surface area contributed by atoms with Crippen LogP contribution in [0.1, 0.15) is 12.8 Å². The summed E-state index contributed by atoms with van der Waals surface area (Å²) in [6.07, 6.45) is -11.1. The van der Waals surface area contributed by atoms with Crippen molar-refractivity contribution in [2.45, 2.75) is 36.8 Å². The molecule has 0 unspecified atom stereocenters. The third-order valence-electron chi connectivity index (χ3n) is 1.77. The van der Waals surface area contributed by atoms with Crippen molar-refractivity contribution in [1.82, 2.24) is 0 Å². The highest BCUT2D eigenvalue weighted by atomic mass is 19.4. The number of halogens is 9. The molecule has 0 saturated carbocycles. The Morgan fingerprint density at radius 1 is 0.706 bits per heavy atom. The molecule has 0 saturated heterocycles. The van der Waals surface area contributed by atoms with Gasteiger partial charge in [0.15, 0.2) is 0 Å². The van der Waals surface area contributed by atoms with E-state index in [-0.39, 0.29) is 0 Å². The van der Waals surface area contributed by atoms with Gasteiger partial charge in [-0.3, -0.25) is 0 Å². The van der Waals surface area contributed by atoms with Crippen molar-refractivity contribution in [3.05, 3.63) is 0 Å². The van der Waals surface area contributed by atoms with E-state index in [2.05, 4.69) is 0 Å². The van der Waals surface area contributed by atoms with Gasteiger partial charge < -0.3 is 5.11 Å². The van der Waals surface area contributed by atoms with Crippen LogP contribution in [0.2, 0.25) is 0 Å². The molecule has 0 fully saturated rings. The van der Waals surface area contributed by atoms with Crippen molar-refractivity contribution in [1.29, 1.82) is 0 Å². The van der Waals surface area contributed by atoms with E-state index in [0.717, 1.165) is 0 Å². The molecule has 1 N–H and O–H groups in total. The first-order chi connectivity index (χ1) is 7.27. The van der Waals surface area contributed by atoms with E-state index in [9.17, 15) is 39.5 Å². The van der Waals surface area contributed by atoms with Crippen molar-refractivity contribution in [2.24, 2.45) is 0 Å². The molecule has 17 heavy (non-hydrogen) atoms. The molecular weight excluding hydrogens is 271 g/mol. The lowest BCUT2D eigenvalue weighted by Crippen LogP contribution is -2.55. The summed E-state index contributed by atoms with van der Waals surface area (Å²) >= 11 is 0. The highest BCUT2D eigenvalue weighted by molar-refractivity contribution is 4.97. The van der Waals surface area contributed by atoms with E-state index >= 15 is 0 Å². The lowest BCUT2D eigenvalue weighted by Gasteiger charge is -2.32. The van der Waals surface area contributed by atoms with Gasteiger partial charge in [0, 0.05) is 13.0 Å². The first-order valence-corrected chi connectivity index (χ1v) is 4.08. The van der Waals surface area contributed by atoms with Gasteiger partial charge in [0.1, 0.15) is 6.42 Å². The second-order valence-corrected chi connectivity index (χ2v) is 3.25. The Kier molecular flexibility index (Phi) is 4.36. The fraction of sp³-hybridized carbons (Fsp3) is 1.00. The van der Waals surface area contributed by atoms with Crippen LogP contribution in [0, 0.1) is 0 Å². The van der Waals surface area contributed by atoms with Gasteiger partial charge in [0.25, 0.3) is 0 Å². The van der Waals surface area contributed by atoms with Gasteiger partial charge in [-0.05, 0) is 0 Å². The average molecular weight is 278 g/mol. The summed E-state index contributed by atoms with van der Waals surface area (Å²) in [4.78, 5) is 0. The maximum absolute atomic E-state index is 12.6. The monoisotopic (exact) mass is 278 g/mol. The van der Waals surface area contributed by atoms with Gasteiger partial charge in [-0.25, -0.2) is 0 Å². The standard InChI is InChI=1S/C7H7F9O/c8-4(9,1-2-17)7(15,16)5(10,11)3-6(12,13)14/h17H,1-3H2. The number of rotatable bonds is 5. The zero-order valence-electron chi connectivity index (χ0n) is 7.97. The Morgan fingerprint density at radius 2 is 1.12 bits per heavy atom. The molecule has 0 heterocycles. The highest BCUT2D eigenvalue weighted by Crippen LogP contribution is 2.50. The molecule has 0 atom stereocenters. The molecule has 0 rings (SSSR count). The van der Waals surface area contributed by atoms with Gasteiger partial charge in [0.05, 0.1) is 0 Å². The fourth-order valence-electron chi connectivity index (χ4n) is 0.928. The molecule has 0 bridgehead atoms. The van der Waals surface area contributed by atoms with Crippen molar-refractivity contribution < 1.29 is 44.6 Å². The van der Waals surface area contributed by atoms with Crippen LogP contribution in [0.5, 0.6) is 0 Å². The zero-order chi connectivity index (χ0) is 14.1. The average Bonchev–Trinajstić information content (AvgIpc) is 1.98. The summed E-state index contributed by atoms with van der Waals surface area (Å²) in [5, 5.41) is 7.98. The SMILES string of the molecule is OCCC(F)(F)C(F)(F)C(F)(F)CC(F)(F)F. The molecule has 0 aromatic carbocycles. The van der Waals surface area contributed by atoms with Gasteiger partial charge >= 0.3 is 23.9 Å². The van der Waals surface area contributed by atoms with E-state index in [4.69, 9.17) is 5.11 Å². The van der Waals surface area contributed by atoms with Gasteiger partial charge in [0.2, 0.25) is 0 Å². The summed E-state index contributed by atoms with van der Waals surface area (Å²) < 4.78 is 110. The Hall–Kier alpha value is -0.670. The van der Waals surface area contributed by atoms with E-state index in [0.29, 0.717) is 0 Å². The van der Waals surface area contributed by atoms with Crippen LogP contribution < -0.4 is 0 Å². The Morgan fingerprint density at radius 3 is 1.41 bits per heavy atom. The predicted octanol–water partition coefficient (Wildman–Crippen LogP) is 3.23. The van der Waals surface area contributed by atoms with Crippen LogP contribution in [0.15, 0.2) is 0 Å². The number of alkyl halides is 9. The minimum atomic E-state index is -6.20. The Bertz CT molecular complexity index is 257. The quantitative estimate of drug-likeness (QED) is 0.765. The minimum absolute atomic E-state index is 1.56. The smallest absolute Gasteiger partial charge is 0.395 e. The van der Waals surface area contributed by atoms with Crippen LogP contribution in [-0.4, -0.2) is 35.7 Å². The fourth-order valence-corrected chi connectivity index (χ4v) is 0.928. The number of hydrogen-bond donors (Lipinski definition) is 1. The second-order valence-electron chi connectivity index (χ2n) is 3.25. The Labute approximate surface area is 89.2 Å². The molecule has 1 nitrogen and oxygen atoms in total. The molecule has 0 aliphatic rings.